The molecule has 38 heavy (non-hydrogen) atoms. The minimum Gasteiger partial charge on any atom is -0.436 e. The average molecular weight is 486 g/mol. The number of aryl methyl sites for hydroxylation is 1. The Morgan fingerprint density at radius 3 is 1.89 bits per heavy atom. The van der Waals surface area contributed by atoms with Gasteiger partial charge in [-0.1, -0.05) is 109 Å². The van der Waals surface area contributed by atoms with E-state index in [1.807, 2.05) is 12.1 Å². The molecule has 0 aliphatic heterocycles. The molecule has 0 bridgehead atoms. The summed E-state index contributed by atoms with van der Waals surface area (Å²) in [4.78, 5) is 4.96. The topological polar surface area (TPSA) is 26.0 Å². The lowest BCUT2D eigenvalue weighted by Gasteiger charge is -2.15. The molecule has 1 heterocycles. The molecule has 0 radical (unpaired) electrons. The van der Waals surface area contributed by atoms with Crippen LogP contribution in [0.2, 0.25) is 0 Å². The van der Waals surface area contributed by atoms with Crippen LogP contribution < -0.4 is 0 Å². The van der Waals surface area contributed by atoms with Gasteiger partial charge in [-0.15, -0.1) is 0 Å². The highest BCUT2D eigenvalue weighted by molar-refractivity contribution is 6.27. The molecule has 1 aromatic heterocycles. The van der Waals surface area contributed by atoms with E-state index < -0.39 is 0 Å². The van der Waals surface area contributed by atoms with Gasteiger partial charge in [-0.3, -0.25) is 0 Å². The lowest BCUT2D eigenvalue weighted by molar-refractivity contribution is 0.620. The smallest absolute Gasteiger partial charge is 0.227 e. The third-order valence-corrected chi connectivity index (χ3v) is 7.75. The number of nitrogens with zero attached hydrogens (tertiary/aromatic N) is 1. The average Bonchev–Trinajstić information content (AvgIpc) is 3.40. The Morgan fingerprint density at radius 1 is 0.526 bits per heavy atom. The van der Waals surface area contributed by atoms with Crippen LogP contribution in [0.25, 0.3) is 77.1 Å². The summed E-state index contributed by atoms with van der Waals surface area (Å²) < 4.78 is 6.33. The number of benzene rings is 7. The van der Waals surface area contributed by atoms with E-state index in [0.717, 1.165) is 27.6 Å². The zero-order chi connectivity index (χ0) is 25.2. The van der Waals surface area contributed by atoms with E-state index in [0.29, 0.717) is 5.89 Å². The summed E-state index contributed by atoms with van der Waals surface area (Å²) in [6.45, 7) is 2.13. The summed E-state index contributed by atoms with van der Waals surface area (Å²) in [6.07, 6.45) is 0. The number of hydrogen-bond acceptors (Lipinski definition) is 2. The maximum atomic E-state index is 6.33. The second-order valence-electron chi connectivity index (χ2n) is 10.1. The Morgan fingerprint density at radius 2 is 1.16 bits per heavy atom. The van der Waals surface area contributed by atoms with E-state index in [-0.39, 0.29) is 0 Å². The van der Waals surface area contributed by atoms with Crippen molar-refractivity contribution in [2.24, 2.45) is 0 Å². The molecule has 8 rings (SSSR count). The Balaban J connectivity index is 1.34. The number of rotatable bonds is 3. The third kappa shape index (κ3) is 3.17. The predicted octanol–water partition coefficient (Wildman–Crippen LogP) is 10.0. The number of hydrogen-bond donors (Lipinski definition) is 0. The van der Waals surface area contributed by atoms with Gasteiger partial charge in [-0.2, -0.15) is 0 Å². The van der Waals surface area contributed by atoms with Gasteiger partial charge in [-0.05, 0) is 79.7 Å². The van der Waals surface area contributed by atoms with Crippen molar-refractivity contribution in [1.29, 1.82) is 0 Å². The fraction of sp³-hybridized carbons (Fsp3) is 0.0278. The summed E-state index contributed by atoms with van der Waals surface area (Å²) in [6, 6.07) is 43.2. The van der Waals surface area contributed by atoms with Gasteiger partial charge in [0, 0.05) is 5.56 Å². The fourth-order valence-electron chi connectivity index (χ4n) is 5.83. The standard InChI is InChI=1S/C36H23NO/c1-22-7-9-24(10-8-22)28-16-11-25-13-18-30-31(19-14-26-12-17-29(28)34(25)35(26)30)36-37-32-21-27(15-20-33(32)38-36)23-5-3-2-4-6-23/h2-21H,1H3. The Labute approximate surface area is 220 Å². The first-order valence-electron chi connectivity index (χ1n) is 13.0. The zero-order valence-corrected chi connectivity index (χ0v) is 20.9. The van der Waals surface area contributed by atoms with E-state index in [1.165, 1.54) is 49.2 Å². The fourth-order valence-corrected chi connectivity index (χ4v) is 5.83. The van der Waals surface area contributed by atoms with Crippen molar-refractivity contribution in [3.63, 3.8) is 0 Å². The van der Waals surface area contributed by atoms with Crippen molar-refractivity contribution in [3.8, 4) is 33.7 Å². The largest absolute Gasteiger partial charge is 0.436 e. The van der Waals surface area contributed by atoms with Gasteiger partial charge in [0.15, 0.2) is 5.58 Å². The quantitative estimate of drug-likeness (QED) is 0.233. The van der Waals surface area contributed by atoms with Crippen LogP contribution in [0.3, 0.4) is 0 Å². The molecule has 8 aromatic rings. The molecule has 2 nitrogen and oxygen atoms in total. The van der Waals surface area contributed by atoms with Crippen LogP contribution in [0, 0.1) is 6.92 Å². The number of aromatic nitrogens is 1. The summed E-state index contributed by atoms with van der Waals surface area (Å²) in [7, 11) is 0. The van der Waals surface area contributed by atoms with Gasteiger partial charge in [0.25, 0.3) is 0 Å². The monoisotopic (exact) mass is 485 g/mol. The highest BCUT2D eigenvalue weighted by atomic mass is 16.3. The van der Waals surface area contributed by atoms with Gasteiger partial charge in [0.1, 0.15) is 5.52 Å². The second kappa shape index (κ2) is 8.03. The maximum Gasteiger partial charge on any atom is 0.227 e. The molecule has 0 aliphatic carbocycles. The molecule has 0 unspecified atom stereocenters. The van der Waals surface area contributed by atoms with Gasteiger partial charge in [0.2, 0.25) is 5.89 Å². The molecule has 0 N–H and O–H groups in total. The molecular weight excluding hydrogens is 462 g/mol. The van der Waals surface area contributed by atoms with Gasteiger partial charge >= 0.3 is 0 Å². The van der Waals surface area contributed by atoms with E-state index in [2.05, 4.69) is 116 Å². The van der Waals surface area contributed by atoms with E-state index >= 15 is 0 Å². The maximum absolute atomic E-state index is 6.33. The number of fused-ring (bicyclic) bond motifs is 1. The Kier molecular flexibility index (Phi) is 4.47. The summed E-state index contributed by atoms with van der Waals surface area (Å²) in [5.41, 5.74) is 8.76. The van der Waals surface area contributed by atoms with Crippen molar-refractivity contribution in [2.75, 3.05) is 0 Å². The number of oxazole rings is 1. The van der Waals surface area contributed by atoms with Crippen LogP contribution in [-0.2, 0) is 0 Å². The summed E-state index contributed by atoms with van der Waals surface area (Å²) in [5.74, 6) is 0.655. The molecule has 0 amide bonds. The lowest BCUT2D eigenvalue weighted by Crippen LogP contribution is -1.89. The van der Waals surface area contributed by atoms with Crippen LogP contribution in [0.1, 0.15) is 5.56 Å². The Hall–Kier alpha value is -4.95. The summed E-state index contributed by atoms with van der Waals surface area (Å²) in [5, 5.41) is 7.46. The zero-order valence-electron chi connectivity index (χ0n) is 20.9. The first kappa shape index (κ1) is 21.2. The van der Waals surface area contributed by atoms with Crippen molar-refractivity contribution in [2.45, 2.75) is 6.92 Å². The van der Waals surface area contributed by atoms with Crippen LogP contribution in [0.4, 0.5) is 0 Å². The molecule has 0 fully saturated rings. The van der Waals surface area contributed by atoms with Gasteiger partial charge in [-0.25, -0.2) is 4.98 Å². The van der Waals surface area contributed by atoms with E-state index in [9.17, 15) is 0 Å². The minimum absolute atomic E-state index is 0.655. The molecule has 0 spiro atoms. The minimum atomic E-state index is 0.655. The normalized spacial score (nSPS) is 11.8. The molecule has 2 heteroatoms. The molecule has 0 saturated heterocycles. The first-order valence-corrected chi connectivity index (χ1v) is 13.0. The van der Waals surface area contributed by atoms with Crippen LogP contribution >= 0.6 is 0 Å². The highest BCUT2D eigenvalue weighted by Gasteiger charge is 2.17. The van der Waals surface area contributed by atoms with Crippen molar-refractivity contribution in [1.82, 2.24) is 4.98 Å². The van der Waals surface area contributed by atoms with Crippen molar-refractivity contribution in [3.05, 3.63) is 127 Å². The predicted molar refractivity (Wildman–Crippen MR) is 159 cm³/mol. The molecule has 7 aromatic carbocycles. The molecule has 0 saturated carbocycles. The SMILES string of the molecule is Cc1ccc(-c2ccc3ccc4c(-c5nc6cc(-c7ccccc7)ccc6o5)ccc5ccc2c3c54)cc1. The van der Waals surface area contributed by atoms with E-state index in [4.69, 9.17) is 9.40 Å². The van der Waals surface area contributed by atoms with Crippen molar-refractivity contribution < 1.29 is 4.42 Å². The Bertz CT molecular complexity index is 2120. The molecule has 0 aliphatic rings. The van der Waals surface area contributed by atoms with Crippen molar-refractivity contribution >= 4 is 43.4 Å². The van der Waals surface area contributed by atoms with Crippen LogP contribution in [-0.4, -0.2) is 4.98 Å². The second-order valence-corrected chi connectivity index (χ2v) is 10.1. The first-order chi connectivity index (χ1) is 18.7. The highest BCUT2D eigenvalue weighted by Crippen LogP contribution is 2.42. The molecular formula is C36H23NO. The lowest BCUT2D eigenvalue weighted by atomic mass is 9.88. The van der Waals surface area contributed by atoms with Crippen LogP contribution in [0.15, 0.2) is 126 Å². The molecule has 178 valence electrons. The van der Waals surface area contributed by atoms with Gasteiger partial charge in [0.05, 0.1) is 0 Å². The molecule has 0 atom stereocenters. The summed E-state index contributed by atoms with van der Waals surface area (Å²) >= 11 is 0. The third-order valence-electron chi connectivity index (χ3n) is 7.75. The van der Waals surface area contributed by atoms with Crippen LogP contribution in [0.5, 0.6) is 0 Å². The van der Waals surface area contributed by atoms with E-state index in [1.54, 1.807) is 0 Å². The van der Waals surface area contributed by atoms with Gasteiger partial charge < -0.3 is 4.42 Å².